The number of carbonyl (C=O) groups is 1. The van der Waals surface area contributed by atoms with Crippen molar-refractivity contribution >= 4 is 17.3 Å². The fourth-order valence-electron chi connectivity index (χ4n) is 3.67. The molecule has 2 aromatic rings. The first-order valence-corrected chi connectivity index (χ1v) is 8.63. The van der Waals surface area contributed by atoms with Gasteiger partial charge in [0.2, 0.25) is 5.91 Å². The van der Waals surface area contributed by atoms with Crippen molar-refractivity contribution in [3.8, 4) is 0 Å². The van der Waals surface area contributed by atoms with Gasteiger partial charge >= 0.3 is 0 Å². The molecule has 0 N–H and O–H groups in total. The maximum Gasteiger partial charge on any atom is 0.231 e. The Hall–Kier alpha value is -2.36. The van der Waals surface area contributed by atoms with Crippen molar-refractivity contribution in [2.24, 2.45) is 0 Å². The van der Waals surface area contributed by atoms with Gasteiger partial charge < -0.3 is 9.80 Å². The molecule has 0 atom stereocenters. The van der Waals surface area contributed by atoms with Gasteiger partial charge in [-0.15, -0.1) is 0 Å². The van der Waals surface area contributed by atoms with Crippen LogP contribution < -0.4 is 9.80 Å². The van der Waals surface area contributed by atoms with Crippen molar-refractivity contribution in [3.63, 3.8) is 0 Å². The van der Waals surface area contributed by atoms with Crippen LogP contribution >= 0.6 is 0 Å². The van der Waals surface area contributed by atoms with Gasteiger partial charge in [-0.25, -0.2) is 4.39 Å². The zero-order chi connectivity index (χ0) is 16.5. The van der Waals surface area contributed by atoms with E-state index in [1.54, 1.807) is 12.1 Å². The Balaban J connectivity index is 1.54. The summed E-state index contributed by atoms with van der Waals surface area (Å²) in [6.45, 7) is 2.93. The zero-order valence-corrected chi connectivity index (χ0v) is 13.7. The maximum atomic E-state index is 13.0. The van der Waals surface area contributed by atoms with Gasteiger partial charge in [0.05, 0.1) is 6.42 Å². The van der Waals surface area contributed by atoms with Crippen LogP contribution in [0.25, 0.3) is 0 Å². The number of amides is 1. The van der Waals surface area contributed by atoms with Crippen LogP contribution in [-0.4, -0.2) is 25.5 Å². The molecule has 2 aromatic carbocycles. The van der Waals surface area contributed by atoms with Crippen LogP contribution in [0.3, 0.4) is 0 Å². The van der Waals surface area contributed by atoms with Gasteiger partial charge in [0, 0.05) is 31.0 Å². The summed E-state index contributed by atoms with van der Waals surface area (Å²) in [7, 11) is 0. The van der Waals surface area contributed by atoms with Crippen LogP contribution in [0.4, 0.5) is 15.8 Å². The predicted octanol–water partition coefficient (Wildman–Crippen LogP) is 3.56. The number of halogens is 1. The normalized spacial score (nSPS) is 16.5. The lowest BCUT2D eigenvalue weighted by molar-refractivity contribution is -0.117. The lowest BCUT2D eigenvalue weighted by Gasteiger charge is -2.22. The van der Waals surface area contributed by atoms with Gasteiger partial charge in [-0.2, -0.15) is 0 Å². The van der Waals surface area contributed by atoms with Gasteiger partial charge in [-0.05, 0) is 54.7 Å². The van der Waals surface area contributed by atoms with E-state index in [1.807, 2.05) is 4.90 Å². The van der Waals surface area contributed by atoms with E-state index in [0.29, 0.717) is 6.42 Å². The van der Waals surface area contributed by atoms with E-state index in [0.717, 1.165) is 37.3 Å². The number of carbonyl (C=O) groups excluding carboxylic acids is 1. The van der Waals surface area contributed by atoms with E-state index in [1.165, 1.54) is 36.2 Å². The highest BCUT2D eigenvalue weighted by molar-refractivity contribution is 5.97. The van der Waals surface area contributed by atoms with Crippen LogP contribution in [0.5, 0.6) is 0 Å². The molecule has 1 fully saturated rings. The maximum absolute atomic E-state index is 13.0. The summed E-state index contributed by atoms with van der Waals surface area (Å²) < 4.78 is 13.0. The highest BCUT2D eigenvalue weighted by Crippen LogP contribution is 2.33. The molecule has 2 heterocycles. The topological polar surface area (TPSA) is 23.6 Å². The van der Waals surface area contributed by atoms with Gasteiger partial charge in [-0.3, -0.25) is 4.79 Å². The van der Waals surface area contributed by atoms with Crippen LogP contribution in [0.15, 0.2) is 42.5 Å². The first-order chi connectivity index (χ1) is 11.7. The summed E-state index contributed by atoms with van der Waals surface area (Å²) in [6.07, 6.45) is 3.70. The number of fused-ring (bicyclic) bond motifs is 1. The molecule has 0 saturated carbocycles. The fourth-order valence-corrected chi connectivity index (χ4v) is 3.67. The quantitative estimate of drug-likeness (QED) is 0.862. The summed E-state index contributed by atoms with van der Waals surface area (Å²) in [5.41, 5.74) is 4.36. The summed E-state index contributed by atoms with van der Waals surface area (Å²) in [6, 6.07) is 12.7. The van der Waals surface area contributed by atoms with Crippen molar-refractivity contribution in [1.29, 1.82) is 0 Å². The van der Waals surface area contributed by atoms with Crippen molar-refractivity contribution in [2.45, 2.75) is 25.7 Å². The van der Waals surface area contributed by atoms with Crippen LogP contribution in [0.2, 0.25) is 0 Å². The van der Waals surface area contributed by atoms with E-state index in [9.17, 15) is 9.18 Å². The molecule has 0 bridgehead atoms. The van der Waals surface area contributed by atoms with E-state index in [4.69, 9.17) is 0 Å². The molecule has 2 aliphatic rings. The van der Waals surface area contributed by atoms with E-state index < -0.39 is 0 Å². The lowest BCUT2D eigenvalue weighted by atomic mass is 10.1. The summed E-state index contributed by atoms with van der Waals surface area (Å²) in [4.78, 5) is 17.0. The molecule has 0 aromatic heterocycles. The van der Waals surface area contributed by atoms with Crippen LogP contribution in [-0.2, 0) is 17.6 Å². The van der Waals surface area contributed by atoms with Gasteiger partial charge in [0.25, 0.3) is 0 Å². The molecule has 0 aliphatic carbocycles. The average molecular weight is 324 g/mol. The lowest BCUT2D eigenvalue weighted by Crippen LogP contribution is -2.30. The van der Waals surface area contributed by atoms with E-state index in [2.05, 4.69) is 23.1 Å². The minimum Gasteiger partial charge on any atom is -0.371 e. The Morgan fingerprint density at radius 1 is 1.00 bits per heavy atom. The first-order valence-electron chi connectivity index (χ1n) is 8.63. The average Bonchev–Trinajstić information content (AvgIpc) is 3.25. The fraction of sp³-hybridized carbons (Fsp3) is 0.350. The highest BCUT2D eigenvalue weighted by Gasteiger charge is 2.26. The zero-order valence-electron chi connectivity index (χ0n) is 13.7. The summed E-state index contributed by atoms with van der Waals surface area (Å²) in [5, 5.41) is 0. The number of anilines is 2. The Morgan fingerprint density at radius 2 is 1.75 bits per heavy atom. The summed E-state index contributed by atoms with van der Waals surface area (Å²) in [5.74, 6) is -0.188. The molecule has 1 amide bonds. The number of rotatable bonds is 3. The van der Waals surface area contributed by atoms with Crippen molar-refractivity contribution in [1.82, 2.24) is 0 Å². The van der Waals surface area contributed by atoms with Crippen molar-refractivity contribution in [2.75, 3.05) is 29.4 Å². The first kappa shape index (κ1) is 15.2. The Kier molecular flexibility index (Phi) is 3.97. The third-order valence-corrected chi connectivity index (χ3v) is 5.01. The molecule has 3 nitrogen and oxygen atoms in total. The number of nitrogens with zero attached hydrogens (tertiary/aromatic N) is 2. The second-order valence-electron chi connectivity index (χ2n) is 6.61. The van der Waals surface area contributed by atoms with Gasteiger partial charge in [0.15, 0.2) is 0 Å². The molecular formula is C20H21FN2O. The second kappa shape index (κ2) is 6.27. The molecule has 4 rings (SSSR count). The third-order valence-electron chi connectivity index (χ3n) is 5.01. The smallest absolute Gasteiger partial charge is 0.231 e. The number of benzene rings is 2. The molecular weight excluding hydrogens is 303 g/mol. The minimum absolute atomic E-state index is 0.0823. The molecule has 0 radical (unpaired) electrons. The molecule has 1 saturated heterocycles. The van der Waals surface area contributed by atoms with Gasteiger partial charge in [-0.1, -0.05) is 18.2 Å². The molecule has 0 unspecified atom stereocenters. The van der Waals surface area contributed by atoms with Gasteiger partial charge in [0.1, 0.15) is 5.82 Å². The van der Waals surface area contributed by atoms with Crippen molar-refractivity contribution in [3.05, 3.63) is 59.4 Å². The molecule has 124 valence electrons. The van der Waals surface area contributed by atoms with Crippen molar-refractivity contribution < 1.29 is 9.18 Å². The number of hydrogen-bond donors (Lipinski definition) is 0. The molecule has 0 spiro atoms. The Labute approximate surface area is 141 Å². The standard InChI is InChI=1S/C20H21FN2O/c21-17-6-3-15(4-7-17)13-20(24)23-12-9-16-5-8-18(14-19(16)23)22-10-1-2-11-22/h3-8,14H,1-2,9-13H2. The molecule has 2 aliphatic heterocycles. The van der Waals surface area contributed by atoms with Crippen LogP contribution in [0.1, 0.15) is 24.0 Å². The number of hydrogen-bond acceptors (Lipinski definition) is 2. The molecule has 24 heavy (non-hydrogen) atoms. The SMILES string of the molecule is O=C(Cc1ccc(F)cc1)N1CCc2ccc(N3CCCC3)cc21. The minimum atomic E-state index is -0.270. The highest BCUT2D eigenvalue weighted by atomic mass is 19.1. The summed E-state index contributed by atoms with van der Waals surface area (Å²) >= 11 is 0. The second-order valence-corrected chi connectivity index (χ2v) is 6.61. The van der Waals surface area contributed by atoms with Crippen LogP contribution in [0, 0.1) is 5.82 Å². The Morgan fingerprint density at radius 3 is 2.50 bits per heavy atom. The Bertz CT molecular complexity index is 751. The third kappa shape index (κ3) is 2.88. The van der Waals surface area contributed by atoms with E-state index >= 15 is 0 Å². The largest absolute Gasteiger partial charge is 0.371 e. The van der Waals surface area contributed by atoms with E-state index in [-0.39, 0.29) is 11.7 Å². The monoisotopic (exact) mass is 324 g/mol. The molecule has 4 heteroatoms. The predicted molar refractivity (Wildman–Crippen MR) is 94.1 cm³/mol.